The maximum absolute atomic E-state index is 13.0. The minimum Gasteiger partial charge on any atom is -0.345 e. The zero-order valence-corrected chi connectivity index (χ0v) is 9.85. The fourth-order valence-corrected chi connectivity index (χ4v) is 1.85. The van der Waals surface area contributed by atoms with Crippen LogP contribution in [-0.2, 0) is 0 Å². The summed E-state index contributed by atoms with van der Waals surface area (Å²) in [6.07, 6.45) is 1.59. The summed E-state index contributed by atoms with van der Waals surface area (Å²) in [5, 5.41) is 2.71. The van der Waals surface area contributed by atoms with Crippen LogP contribution in [0, 0.1) is 5.82 Å². The molecular weight excluding hydrogens is 245 g/mol. The van der Waals surface area contributed by atoms with Gasteiger partial charge in [-0.05, 0) is 36.4 Å². The van der Waals surface area contributed by atoms with E-state index in [1.807, 2.05) is 0 Å². The van der Waals surface area contributed by atoms with Gasteiger partial charge in [0, 0.05) is 11.3 Å². The second-order valence-electron chi connectivity index (χ2n) is 4.10. The summed E-state index contributed by atoms with van der Waals surface area (Å²) < 4.78 is 13.0. The second kappa shape index (κ2) is 4.53. The zero-order chi connectivity index (χ0) is 13.2. The van der Waals surface area contributed by atoms with E-state index in [4.69, 9.17) is 0 Å². The molecule has 0 aliphatic carbocycles. The van der Waals surface area contributed by atoms with E-state index in [0.717, 1.165) is 11.0 Å². The van der Waals surface area contributed by atoms with Gasteiger partial charge in [0.05, 0.1) is 17.4 Å². The Morgan fingerprint density at radius 1 is 1.21 bits per heavy atom. The number of carbonyl (C=O) groups excluding carboxylic acids is 1. The number of nitrogens with zero attached hydrogens (tertiary/aromatic N) is 1. The summed E-state index contributed by atoms with van der Waals surface area (Å²) in [6, 6.07) is 10.9. The van der Waals surface area contributed by atoms with Crippen molar-refractivity contribution in [1.82, 2.24) is 9.97 Å². The quantitative estimate of drug-likeness (QED) is 0.739. The first-order chi connectivity index (χ1) is 9.22. The van der Waals surface area contributed by atoms with Crippen LogP contribution in [0.4, 0.5) is 10.1 Å². The van der Waals surface area contributed by atoms with E-state index in [-0.39, 0.29) is 11.5 Å². The Balaban J connectivity index is 1.86. The molecule has 19 heavy (non-hydrogen) atoms. The highest BCUT2D eigenvalue weighted by Crippen LogP contribution is 2.16. The molecule has 94 valence electrons. The molecular formula is C14H10FN3O. The molecule has 5 heteroatoms. The lowest BCUT2D eigenvalue weighted by atomic mass is 10.2. The lowest BCUT2D eigenvalue weighted by Crippen LogP contribution is -2.11. The Bertz CT molecular complexity index is 751. The lowest BCUT2D eigenvalue weighted by molar-refractivity contribution is 0.102. The van der Waals surface area contributed by atoms with Crippen LogP contribution >= 0.6 is 0 Å². The predicted octanol–water partition coefficient (Wildman–Crippen LogP) is 2.95. The molecule has 3 rings (SSSR count). The zero-order valence-electron chi connectivity index (χ0n) is 9.85. The number of benzene rings is 2. The van der Waals surface area contributed by atoms with E-state index in [0.29, 0.717) is 5.69 Å². The van der Waals surface area contributed by atoms with Crippen molar-refractivity contribution in [2.45, 2.75) is 0 Å². The van der Waals surface area contributed by atoms with Gasteiger partial charge in [-0.3, -0.25) is 4.79 Å². The first-order valence-corrected chi connectivity index (χ1v) is 5.72. The van der Waals surface area contributed by atoms with Crippen molar-refractivity contribution < 1.29 is 9.18 Å². The van der Waals surface area contributed by atoms with E-state index in [2.05, 4.69) is 15.3 Å². The Hall–Kier alpha value is -2.69. The molecule has 3 aromatic rings. The van der Waals surface area contributed by atoms with E-state index in [1.54, 1.807) is 30.6 Å². The molecule has 0 atom stereocenters. The first-order valence-electron chi connectivity index (χ1n) is 5.72. The van der Waals surface area contributed by atoms with Gasteiger partial charge in [-0.15, -0.1) is 0 Å². The van der Waals surface area contributed by atoms with Crippen molar-refractivity contribution in [3.8, 4) is 0 Å². The summed E-state index contributed by atoms with van der Waals surface area (Å²) in [4.78, 5) is 19.0. The van der Waals surface area contributed by atoms with Crippen LogP contribution in [0.1, 0.15) is 10.4 Å². The fourth-order valence-electron chi connectivity index (χ4n) is 1.85. The molecule has 4 nitrogen and oxygen atoms in total. The summed E-state index contributed by atoms with van der Waals surface area (Å²) in [6.45, 7) is 0. The molecule has 1 heterocycles. The molecule has 0 aliphatic heterocycles. The molecule has 0 radical (unpaired) electrons. The van der Waals surface area contributed by atoms with Crippen molar-refractivity contribution in [1.29, 1.82) is 0 Å². The van der Waals surface area contributed by atoms with E-state index in [9.17, 15) is 9.18 Å². The van der Waals surface area contributed by atoms with Gasteiger partial charge >= 0.3 is 0 Å². The molecule has 1 amide bonds. The number of hydrogen-bond donors (Lipinski definition) is 2. The minimum absolute atomic E-state index is 0.282. The standard InChI is InChI=1S/C14H10FN3O/c15-10-3-1-2-9(6-10)14(19)18-11-4-5-12-13(7-11)17-8-16-12/h1-8H,(H,16,17)(H,18,19). The molecule has 0 aliphatic rings. The Morgan fingerprint density at radius 2 is 2.11 bits per heavy atom. The molecule has 2 aromatic carbocycles. The Morgan fingerprint density at radius 3 is 2.95 bits per heavy atom. The number of hydrogen-bond acceptors (Lipinski definition) is 2. The number of aromatic amines is 1. The number of halogens is 1. The Kier molecular flexibility index (Phi) is 2.72. The monoisotopic (exact) mass is 255 g/mol. The van der Waals surface area contributed by atoms with Crippen LogP contribution in [0.2, 0.25) is 0 Å². The molecule has 0 unspecified atom stereocenters. The number of anilines is 1. The highest BCUT2D eigenvalue weighted by atomic mass is 19.1. The third-order valence-electron chi connectivity index (χ3n) is 2.76. The second-order valence-corrected chi connectivity index (χ2v) is 4.10. The number of amides is 1. The molecule has 1 aromatic heterocycles. The largest absolute Gasteiger partial charge is 0.345 e. The molecule has 0 bridgehead atoms. The topological polar surface area (TPSA) is 57.8 Å². The summed E-state index contributed by atoms with van der Waals surface area (Å²) in [5.41, 5.74) is 2.57. The molecule has 0 saturated carbocycles. The van der Waals surface area contributed by atoms with Crippen molar-refractivity contribution in [3.05, 3.63) is 60.2 Å². The van der Waals surface area contributed by atoms with Crippen molar-refractivity contribution in [2.75, 3.05) is 5.32 Å². The number of fused-ring (bicyclic) bond motifs is 1. The summed E-state index contributed by atoms with van der Waals surface area (Å²) in [7, 11) is 0. The predicted molar refractivity (Wildman–Crippen MR) is 70.4 cm³/mol. The number of imidazole rings is 1. The van der Waals surface area contributed by atoms with Crippen molar-refractivity contribution in [2.24, 2.45) is 0 Å². The molecule has 0 spiro atoms. The number of rotatable bonds is 2. The fraction of sp³-hybridized carbons (Fsp3) is 0. The van der Waals surface area contributed by atoms with E-state index >= 15 is 0 Å². The number of aromatic nitrogens is 2. The van der Waals surface area contributed by atoms with Crippen LogP contribution in [0.25, 0.3) is 11.0 Å². The van der Waals surface area contributed by atoms with Crippen LogP contribution in [0.3, 0.4) is 0 Å². The van der Waals surface area contributed by atoms with Crippen LogP contribution in [0.5, 0.6) is 0 Å². The normalized spacial score (nSPS) is 10.6. The summed E-state index contributed by atoms with van der Waals surface area (Å²) >= 11 is 0. The van der Waals surface area contributed by atoms with Gasteiger partial charge in [-0.2, -0.15) is 0 Å². The van der Waals surface area contributed by atoms with Gasteiger partial charge in [0.2, 0.25) is 0 Å². The van der Waals surface area contributed by atoms with Crippen LogP contribution in [-0.4, -0.2) is 15.9 Å². The molecule has 2 N–H and O–H groups in total. The average molecular weight is 255 g/mol. The van der Waals surface area contributed by atoms with Crippen molar-refractivity contribution in [3.63, 3.8) is 0 Å². The Labute approximate surface area is 108 Å². The first kappa shape index (κ1) is 11.4. The van der Waals surface area contributed by atoms with Crippen LogP contribution in [0.15, 0.2) is 48.8 Å². The third-order valence-corrected chi connectivity index (χ3v) is 2.76. The smallest absolute Gasteiger partial charge is 0.255 e. The molecule has 0 saturated heterocycles. The maximum Gasteiger partial charge on any atom is 0.255 e. The van der Waals surface area contributed by atoms with Gasteiger partial charge in [-0.25, -0.2) is 9.37 Å². The number of carbonyl (C=O) groups is 1. The van der Waals surface area contributed by atoms with Gasteiger partial charge in [0.25, 0.3) is 5.91 Å². The summed E-state index contributed by atoms with van der Waals surface area (Å²) in [5.74, 6) is -0.782. The van der Waals surface area contributed by atoms with Crippen LogP contribution < -0.4 is 5.32 Å². The minimum atomic E-state index is -0.434. The third kappa shape index (κ3) is 2.30. The highest BCUT2D eigenvalue weighted by molar-refractivity contribution is 6.04. The highest BCUT2D eigenvalue weighted by Gasteiger charge is 2.07. The number of nitrogens with one attached hydrogen (secondary N) is 2. The van der Waals surface area contributed by atoms with Gasteiger partial charge in [-0.1, -0.05) is 6.07 Å². The van der Waals surface area contributed by atoms with Gasteiger partial charge in [0.1, 0.15) is 5.82 Å². The SMILES string of the molecule is O=C(Nc1ccc2nc[nH]c2c1)c1cccc(F)c1. The van der Waals surface area contributed by atoms with Gasteiger partial charge < -0.3 is 10.3 Å². The average Bonchev–Trinajstić information content (AvgIpc) is 2.86. The molecule has 0 fully saturated rings. The van der Waals surface area contributed by atoms with Gasteiger partial charge in [0.15, 0.2) is 0 Å². The van der Waals surface area contributed by atoms with Crippen molar-refractivity contribution >= 4 is 22.6 Å². The van der Waals surface area contributed by atoms with E-state index in [1.165, 1.54) is 18.2 Å². The lowest BCUT2D eigenvalue weighted by Gasteiger charge is -2.05. The van der Waals surface area contributed by atoms with E-state index < -0.39 is 5.82 Å². The maximum atomic E-state index is 13.0. The number of H-pyrrole nitrogens is 1.